The van der Waals surface area contributed by atoms with Gasteiger partial charge >= 0.3 is 6.18 Å². The summed E-state index contributed by atoms with van der Waals surface area (Å²) >= 11 is 6.08. The second-order valence-corrected chi connectivity index (χ2v) is 9.46. The second-order valence-electron chi connectivity index (χ2n) is 9.02. The molecule has 0 aliphatic carbocycles. The molecule has 12 heteroatoms. The van der Waals surface area contributed by atoms with Crippen LogP contribution in [0, 0.1) is 0 Å². The first-order chi connectivity index (χ1) is 16.7. The lowest BCUT2D eigenvalue weighted by atomic mass is 9.97. The standard InChI is InChI=1S/C23H25ClF3N7O/c1-13(16-11-15(24)3-4-17(16)23(25,26)27)34-10-7-28-21-19(34)12-18(30-31-21)22-29-20(32-35-22)14-5-8-33(2)9-6-14/h3-4,11-14H,5-10H2,1-2H3,(H,28,31)/t13-/m1/s1. The molecule has 0 unspecified atom stereocenters. The minimum atomic E-state index is -4.50. The van der Waals surface area contributed by atoms with Gasteiger partial charge in [-0.1, -0.05) is 16.8 Å². The van der Waals surface area contributed by atoms with Gasteiger partial charge in [0.15, 0.2) is 17.3 Å². The van der Waals surface area contributed by atoms with Crippen LogP contribution in [-0.2, 0) is 6.18 Å². The summed E-state index contributed by atoms with van der Waals surface area (Å²) in [6.07, 6.45) is -2.61. The van der Waals surface area contributed by atoms with Crippen molar-refractivity contribution < 1.29 is 17.7 Å². The van der Waals surface area contributed by atoms with Gasteiger partial charge < -0.3 is 19.6 Å². The first kappa shape index (κ1) is 23.8. The zero-order valence-electron chi connectivity index (χ0n) is 19.3. The maximum absolute atomic E-state index is 13.7. The van der Waals surface area contributed by atoms with E-state index in [-0.39, 0.29) is 22.4 Å². The molecule has 3 aromatic rings. The Morgan fingerprint density at radius 3 is 2.66 bits per heavy atom. The summed E-state index contributed by atoms with van der Waals surface area (Å²) < 4.78 is 46.7. The number of benzene rings is 1. The fourth-order valence-corrected chi connectivity index (χ4v) is 4.91. The maximum Gasteiger partial charge on any atom is 0.416 e. The van der Waals surface area contributed by atoms with Gasteiger partial charge in [-0.25, -0.2) is 0 Å². The number of hydrogen-bond acceptors (Lipinski definition) is 8. The molecule has 0 saturated carbocycles. The Bertz CT molecular complexity index is 1210. The van der Waals surface area contributed by atoms with Crippen LogP contribution in [0.1, 0.15) is 48.7 Å². The van der Waals surface area contributed by atoms with Crippen molar-refractivity contribution in [2.45, 2.75) is 37.9 Å². The molecule has 0 bridgehead atoms. The normalized spacial score (nSPS) is 18.3. The fourth-order valence-electron chi connectivity index (χ4n) is 4.73. The Morgan fingerprint density at radius 1 is 1.14 bits per heavy atom. The van der Waals surface area contributed by atoms with E-state index in [2.05, 4.69) is 37.6 Å². The van der Waals surface area contributed by atoms with Crippen molar-refractivity contribution in [3.63, 3.8) is 0 Å². The lowest BCUT2D eigenvalue weighted by Crippen LogP contribution is -2.37. The van der Waals surface area contributed by atoms with E-state index in [0.717, 1.165) is 32.0 Å². The van der Waals surface area contributed by atoms with E-state index in [1.54, 1.807) is 13.0 Å². The Hall–Kier alpha value is -2.92. The molecule has 8 nitrogen and oxygen atoms in total. The smallest absolute Gasteiger partial charge is 0.365 e. The molecule has 0 amide bonds. The van der Waals surface area contributed by atoms with Crippen molar-refractivity contribution >= 4 is 23.1 Å². The predicted octanol–water partition coefficient (Wildman–Crippen LogP) is 5.00. The summed E-state index contributed by atoms with van der Waals surface area (Å²) in [6.45, 7) is 4.63. The highest BCUT2D eigenvalue weighted by molar-refractivity contribution is 6.30. The number of aromatic nitrogens is 4. The number of nitrogens with one attached hydrogen (secondary N) is 1. The van der Waals surface area contributed by atoms with Crippen LogP contribution in [-0.4, -0.2) is 58.5 Å². The molecular formula is C23H25ClF3N7O. The van der Waals surface area contributed by atoms with Crippen molar-refractivity contribution in [1.29, 1.82) is 0 Å². The highest BCUT2D eigenvalue weighted by Gasteiger charge is 2.37. The quantitative estimate of drug-likeness (QED) is 0.528. The first-order valence-corrected chi connectivity index (χ1v) is 11.9. The van der Waals surface area contributed by atoms with Gasteiger partial charge in [-0.05, 0) is 69.7 Å². The lowest BCUT2D eigenvalue weighted by molar-refractivity contribution is -0.138. The number of anilines is 2. The maximum atomic E-state index is 13.7. The van der Waals surface area contributed by atoms with E-state index in [1.807, 2.05) is 4.90 Å². The third-order valence-electron chi connectivity index (χ3n) is 6.71. The zero-order chi connectivity index (χ0) is 24.7. The van der Waals surface area contributed by atoms with Gasteiger partial charge in [0.1, 0.15) is 0 Å². The van der Waals surface area contributed by atoms with Crippen molar-refractivity contribution in [3.05, 3.63) is 46.2 Å². The number of alkyl halides is 3. The summed E-state index contributed by atoms with van der Waals surface area (Å²) in [4.78, 5) is 8.68. The molecule has 2 aliphatic heterocycles. The average Bonchev–Trinajstić information content (AvgIpc) is 3.33. The zero-order valence-corrected chi connectivity index (χ0v) is 20.1. The molecule has 1 aromatic carbocycles. The van der Waals surface area contributed by atoms with Gasteiger partial charge in [0.05, 0.1) is 17.3 Å². The Morgan fingerprint density at radius 2 is 1.91 bits per heavy atom. The van der Waals surface area contributed by atoms with Crippen molar-refractivity contribution in [3.8, 4) is 11.6 Å². The van der Waals surface area contributed by atoms with E-state index < -0.39 is 17.8 Å². The Labute approximate surface area is 205 Å². The predicted molar refractivity (Wildman–Crippen MR) is 126 cm³/mol. The molecule has 2 aromatic heterocycles. The molecule has 1 fully saturated rings. The Balaban J connectivity index is 1.46. The van der Waals surface area contributed by atoms with Crippen molar-refractivity contribution in [2.75, 3.05) is 43.4 Å². The third-order valence-corrected chi connectivity index (χ3v) is 6.94. The number of nitrogens with zero attached hydrogens (tertiary/aromatic N) is 6. The van der Waals surface area contributed by atoms with Gasteiger partial charge in [-0.3, -0.25) is 0 Å². The molecule has 1 N–H and O–H groups in total. The highest BCUT2D eigenvalue weighted by Crippen LogP contribution is 2.41. The van der Waals surface area contributed by atoms with Crippen molar-refractivity contribution in [2.24, 2.45) is 0 Å². The van der Waals surface area contributed by atoms with Gasteiger partial charge in [-0.2, -0.15) is 18.2 Å². The van der Waals surface area contributed by atoms with E-state index >= 15 is 0 Å². The van der Waals surface area contributed by atoms with Gasteiger partial charge in [-0.15, -0.1) is 10.2 Å². The Kier molecular flexibility index (Phi) is 6.30. The van der Waals surface area contributed by atoms with Crippen LogP contribution in [0.25, 0.3) is 11.6 Å². The fraction of sp³-hybridized carbons (Fsp3) is 0.478. The minimum absolute atomic E-state index is 0.0959. The highest BCUT2D eigenvalue weighted by atomic mass is 35.5. The molecule has 1 saturated heterocycles. The molecular weight excluding hydrogens is 483 g/mol. The number of likely N-dealkylation sites (tertiary alicyclic amines) is 1. The number of rotatable bonds is 4. The molecule has 0 radical (unpaired) electrons. The number of piperidine rings is 1. The van der Waals surface area contributed by atoms with E-state index in [4.69, 9.17) is 16.1 Å². The third kappa shape index (κ3) is 4.79. The van der Waals surface area contributed by atoms with Crippen LogP contribution in [0.4, 0.5) is 24.7 Å². The summed E-state index contributed by atoms with van der Waals surface area (Å²) in [7, 11) is 2.09. The monoisotopic (exact) mass is 507 g/mol. The molecule has 1 atom stereocenters. The molecule has 0 spiro atoms. The summed E-state index contributed by atoms with van der Waals surface area (Å²) in [6, 6.07) is 4.76. The topological polar surface area (TPSA) is 83.2 Å². The van der Waals surface area contributed by atoms with Gasteiger partial charge in [0.2, 0.25) is 0 Å². The molecule has 2 aliphatic rings. The molecule has 35 heavy (non-hydrogen) atoms. The largest absolute Gasteiger partial charge is 0.416 e. The first-order valence-electron chi connectivity index (χ1n) is 11.5. The second kappa shape index (κ2) is 9.27. The summed E-state index contributed by atoms with van der Waals surface area (Å²) in [5, 5.41) is 16.1. The van der Waals surface area contributed by atoms with Crippen LogP contribution in [0.15, 0.2) is 28.8 Å². The van der Waals surface area contributed by atoms with Gasteiger partial charge in [0, 0.05) is 24.0 Å². The minimum Gasteiger partial charge on any atom is -0.365 e. The SMILES string of the molecule is C[C@H](c1cc(Cl)ccc1C(F)(F)F)N1CCNc2nnc(-c3nc(C4CCN(C)CC4)no3)cc21. The van der Waals surface area contributed by atoms with Crippen LogP contribution in [0.2, 0.25) is 5.02 Å². The molecule has 5 rings (SSSR count). The van der Waals surface area contributed by atoms with Crippen LogP contribution in [0.3, 0.4) is 0 Å². The lowest BCUT2D eigenvalue weighted by Gasteiger charge is -2.37. The average molecular weight is 508 g/mol. The van der Waals surface area contributed by atoms with E-state index in [0.29, 0.717) is 36.1 Å². The molecule has 4 heterocycles. The van der Waals surface area contributed by atoms with Crippen molar-refractivity contribution in [1.82, 2.24) is 25.2 Å². The van der Waals surface area contributed by atoms with E-state index in [9.17, 15) is 13.2 Å². The van der Waals surface area contributed by atoms with Gasteiger partial charge in [0.25, 0.3) is 5.89 Å². The van der Waals surface area contributed by atoms with Crippen LogP contribution in [0.5, 0.6) is 0 Å². The molecule has 186 valence electrons. The van der Waals surface area contributed by atoms with Crippen LogP contribution >= 0.6 is 11.6 Å². The van der Waals surface area contributed by atoms with Crippen LogP contribution < -0.4 is 10.2 Å². The number of hydrogen-bond donors (Lipinski definition) is 1. The number of halogens is 4. The summed E-state index contributed by atoms with van der Waals surface area (Å²) in [5.41, 5.74) is 0.370. The number of fused-ring (bicyclic) bond motifs is 1. The summed E-state index contributed by atoms with van der Waals surface area (Å²) in [5.74, 6) is 1.59. The van der Waals surface area contributed by atoms with E-state index in [1.165, 1.54) is 12.1 Å².